The summed E-state index contributed by atoms with van der Waals surface area (Å²) in [5.41, 5.74) is 3.46. The average molecular weight is 252 g/mol. The Morgan fingerprint density at radius 1 is 1.26 bits per heavy atom. The predicted molar refractivity (Wildman–Crippen MR) is 72.3 cm³/mol. The van der Waals surface area contributed by atoms with E-state index in [9.17, 15) is 9.90 Å². The third kappa shape index (κ3) is 1.87. The molecule has 0 fully saturated rings. The first-order chi connectivity index (χ1) is 9.16. The molecule has 0 unspecified atom stereocenters. The molecule has 0 aliphatic carbocycles. The SMILES string of the molecule is Cc1ccc2cc(C(=O)O)c(-c3ccccn3)n2c1. The Labute approximate surface area is 110 Å². The molecule has 0 aliphatic heterocycles. The minimum Gasteiger partial charge on any atom is -0.478 e. The number of aromatic carboxylic acids is 1. The Kier molecular flexibility index (Phi) is 2.56. The Balaban J connectivity index is 2.40. The van der Waals surface area contributed by atoms with Crippen LogP contribution < -0.4 is 0 Å². The average Bonchev–Trinajstić information content (AvgIpc) is 2.78. The van der Waals surface area contributed by atoms with Gasteiger partial charge in [-0.15, -0.1) is 0 Å². The number of pyridine rings is 2. The highest BCUT2D eigenvalue weighted by Crippen LogP contribution is 2.26. The van der Waals surface area contributed by atoms with Crippen LogP contribution >= 0.6 is 0 Å². The minimum absolute atomic E-state index is 0.268. The third-order valence-corrected chi connectivity index (χ3v) is 3.05. The Bertz CT molecular complexity index is 760. The highest BCUT2D eigenvalue weighted by atomic mass is 16.4. The van der Waals surface area contributed by atoms with Crippen LogP contribution in [0.1, 0.15) is 15.9 Å². The summed E-state index contributed by atoms with van der Waals surface area (Å²) in [6.07, 6.45) is 3.59. The number of carboxylic acids is 1. The lowest BCUT2D eigenvalue weighted by Gasteiger charge is -2.04. The number of nitrogens with zero attached hydrogens (tertiary/aromatic N) is 2. The molecule has 3 aromatic heterocycles. The predicted octanol–water partition coefficient (Wildman–Crippen LogP) is 3.01. The molecule has 3 rings (SSSR count). The lowest BCUT2D eigenvalue weighted by atomic mass is 10.2. The van der Waals surface area contributed by atoms with Crippen molar-refractivity contribution in [2.75, 3.05) is 0 Å². The van der Waals surface area contributed by atoms with Gasteiger partial charge in [0.15, 0.2) is 0 Å². The van der Waals surface area contributed by atoms with Crippen LogP contribution in [0.3, 0.4) is 0 Å². The second-order valence-electron chi connectivity index (χ2n) is 4.43. The van der Waals surface area contributed by atoms with E-state index in [2.05, 4.69) is 4.98 Å². The number of rotatable bonds is 2. The number of hydrogen-bond donors (Lipinski definition) is 1. The van der Waals surface area contributed by atoms with Gasteiger partial charge in [0.1, 0.15) is 0 Å². The van der Waals surface area contributed by atoms with Crippen molar-refractivity contribution in [3.8, 4) is 11.4 Å². The summed E-state index contributed by atoms with van der Waals surface area (Å²) >= 11 is 0. The standard InChI is InChI=1S/C15H12N2O2/c1-10-5-6-11-8-12(15(18)19)14(17(11)9-10)13-4-2-3-7-16-13/h2-9H,1H3,(H,18,19). The summed E-state index contributed by atoms with van der Waals surface area (Å²) in [4.78, 5) is 15.7. The fraction of sp³-hybridized carbons (Fsp3) is 0.0667. The van der Waals surface area contributed by atoms with Gasteiger partial charge in [-0.25, -0.2) is 4.79 Å². The lowest BCUT2D eigenvalue weighted by Crippen LogP contribution is -1.99. The number of carbonyl (C=O) groups is 1. The summed E-state index contributed by atoms with van der Waals surface area (Å²) in [6, 6.07) is 11.0. The zero-order valence-corrected chi connectivity index (χ0v) is 10.4. The number of fused-ring (bicyclic) bond motifs is 1. The fourth-order valence-electron chi connectivity index (χ4n) is 2.20. The molecule has 0 spiro atoms. The maximum Gasteiger partial charge on any atom is 0.337 e. The van der Waals surface area contributed by atoms with Gasteiger partial charge in [0.05, 0.1) is 17.0 Å². The summed E-state index contributed by atoms with van der Waals surface area (Å²) in [5, 5.41) is 9.36. The third-order valence-electron chi connectivity index (χ3n) is 3.05. The molecule has 1 N–H and O–H groups in total. The van der Waals surface area contributed by atoms with Crippen molar-refractivity contribution in [3.63, 3.8) is 0 Å². The van der Waals surface area contributed by atoms with Gasteiger partial charge >= 0.3 is 5.97 Å². The Hall–Kier alpha value is -2.62. The molecule has 0 amide bonds. The van der Waals surface area contributed by atoms with E-state index < -0.39 is 5.97 Å². The fourth-order valence-corrected chi connectivity index (χ4v) is 2.20. The first-order valence-electron chi connectivity index (χ1n) is 5.93. The molecule has 3 heterocycles. The van der Waals surface area contributed by atoms with Crippen LogP contribution in [-0.2, 0) is 0 Å². The first-order valence-corrected chi connectivity index (χ1v) is 5.93. The number of hydrogen-bond acceptors (Lipinski definition) is 2. The largest absolute Gasteiger partial charge is 0.478 e. The molecular formula is C15H12N2O2. The molecule has 0 saturated heterocycles. The molecule has 4 heteroatoms. The lowest BCUT2D eigenvalue weighted by molar-refractivity contribution is 0.0698. The summed E-state index contributed by atoms with van der Waals surface area (Å²) < 4.78 is 1.88. The second kappa shape index (κ2) is 4.24. The zero-order chi connectivity index (χ0) is 13.4. The van der Waals surface area contributed by atoms with Gasteiger partial charge in [0.25, 0.3) is 0 Å². The smallest absolute Gasteiger partial charge is 0.337 e. The van der Waals surface area contributed by atoms with E-state index in [-0.39, 0.29) is 5.56 Å². The monoisotopic (exact) mass is 252 g/mol. The Morgan fingerprint density at radius 3 is 2.79 bits per heavy atom. The highest BCUT2D eigenvalue weighted by Gasteiger charge is 2.18. The van der Waals surface area contributed by atoms with Crippen molar-refractivity contribution in [3.05, 3.63) is 59.9 Å². The molecular weight excluding hydrogens is 240 g/mol. The van der Waals surface area contributed by atoms with Crippen molar-refractivity contribution in [2.45, 2.75) is 6.92 Å². The van der Waals surface area contributed by atoms with E-state index in [0.29, 0.717) is 11.4 Å². The van der Waals surface area contributed by atoms with E-state index in [1.54, 1.807) is 12.3 Å². The van der Waals surface area contributed by atoms with Gasteiger partial charge in [-0.1, -0.05) is 12.1 Å². The molecule has 0 aromatic carbocycles. The van der Waals surface area contributed by atoms with E-state index in [4.69, 9.17) is 0 Å². The maximum absolute atomic E-state index is 11.4. The molecule has 0 atom stereocenters. The van der Waals surface area contributed by atoms with Crippen molar-refractivity contribution < 1.29 is 9.90 Å². The highest BCUT2D eigenvalue weighted by molar-refractivity contribution is 5.97. The molecule has 0 aliphatic rings. The molecule has 0 saturated carbocycles. The molecule has 0 bridgehead atoms. The van der Waals surface area contributed by atoms with E-state index in [1.807, 2.05) is 47.9 Å². The van der Waals surface area contributed by atoms with Gasteiger partial charge in [-0.05, 0) is 36.8 Å². The molecule has 3 aromatic rings. The van der Waals surface area contributed by atoms with Gasteiger partial charge < -0.3 is 9.51 Å². The summed E-state index contributed by atoms with van der Waals surface area (Å²) in [6.45, 7) is 1.97. The van der Waals surface area contributed by atoms with Crippen LogP contribution in [0.2, 0.25) is 0 Å². The number of aromatic nitrogens is 2. The van der Waals surface area contributed by atoms with Gasteiger partial charge in [0, 0.05) is 17.9 Å². The van der Waals surface area contributed by atoms with E-state index in [1.165, 1.54) is 0 Å². The number of carboxylic acid groups (broad SMARTS) is 1. The van der Waals surface area contributed by atoms with Crippen molar-refractivity contribution in [2.24, 2.45) is 0 Å². The topological polar surface area (TPSA) is 54.6 Å². The van der Waals surface area contributed by atoms with Crippen molar-refractivity contribution in [1.29, 1.82) is 0 Å². The van der Waals surface area contributed by atoms with Gasteiger partial charge in [-0.3, -0.25) is 4.98 Å². The molecule has 94 valence electrons. The van der Waals surface area contributed by atoms with Gasteiger partial charge in [-0.2, -0.15) is 0 Å². The molecule has 0 radical (unpaired) electrons. The zero-order valence-electron chi connectivity index (χ0n) is 10.4. The van der Waals surface area contributed by atoms with E-state index in [0.717, 1.165) is 11.1 Å². The van der Waals surface area contributed by atoms with Gasteiger partial charge in [0.2, 0.25) is 0 Å². The Morgan fingerprint density at radius 2 is 2.11 bits per heavy atom. The molecule has 19 heavy (non-hydrogen) atoms. The van der Waals surface area contributed by atoms with E-state index >= 15 is 0 Å². The van der Waals surface area contributed by atoms with Crippen LogP contribution in [0.5, 0.6) is 0 Å². The summed E-state index contributed by atoms with van der Waals surface area (Å²) in [7, 11) is 0. The van der Waals surface area contributed by atoms with Crippen LogP contribution in [0, 0.1) is 6.92 Å². The van der Waals surface area contributed by atoms with Crippen molar-refractivity contribution >= 4 is 11.5 Å². The van der Waals surface area contributed by atoms with Crippen LogP contribution in [0.25, 0.3) is 16.9 Å². The quantitative estimate of drug-likeness (QED) is 0.762. The number of aryl methyl sites for hydroxylation is 1. The van der Waals surface area contributed by atoms with Crippen LogP contribution in [0.15, 0.2) is 48.8 Å². The molecule has 4 nitrogen and oxygen atoms in total. The second-order valence-corrected chi connectivity index (χ2v) is 4.43. The minimum atomic E-state index is -0.943. The summed E-state index contributed by atoms with van der Waals surface area (Å²) in [5.74, 6) is -0.943. The van der Waals surface area contributed by atoms with Crippen LogP contribution in [0.4, 0.5) is 0 Å². The first kappa shape index (κ1) is 11.5. The normalized spacial score (nSPS) is 10.8. The van der Waals surface area contributed by atoms with Crippen molar-refractivity contribution in [1.82, 2.24) is 9.38 Å². The maximum atomic E-state index is 11.4. The van der Waals surface area contributed by atoms with Crippen LogP contribution in [-0.4, -0.2) is 20.5 Å².